The first-order valence-electron chi connectivity index (χ1n) is 7.18. The summed E-state index contributed by atoms with van der Waals surface area (Å²) >= 11 is 1.97. The van der Waals surface area contributed by atoms with E-state index >= 15 is 0 Å². The molecule has 0 amide bonds. The zero-order valence-corrected chi connectivity index (χ0v) is 15.1. The summed E-state index contributed by atoms with van der Waals surface area (Å²) < 4.78 is 71.5. The summed E-state index contributed by atoms with van der Waals surface area (Å²) in [7, 11) is 0. The van der Waals surface area contributed by atoms with Gasteiger partial charge in [-0.1, -0.05) is 0 Å². The van der Waals surface area contributed by atoms with Gasteiger partial charge >= 0.3 is 6.18 Å². The zero-order valence-electron chi connectivity index (χ0n) is 12.9. The Balaban J connectivity index is 2.34. The average Bonchev–Trinajstić information content (AvgIpc) is 2.56. The Morgan fingerprint density at radius 2 is 1.73 bits per heavy atom. The molecular formula is C16H13F5INO3. The summed E-state index contributed by atoms with van der Waals surface area (Å²) in [5.41, 5.74) is -1.23. The third-order valence-corrected chi connectivity index (χ3v) is 3.89. The highest BCUT2D eigenvalue weighted by atomic mass is 127. The van der Waals surface area contributed by atoms with Crippen LogP contribution in [-0.4, -0.2) is 29.5 Å². The van der Waals surface area contributed by atoms with Crippen molar-refractivity contribution in [2.75, 3.05) is 18.5 Å². The van der Waals surface area contributed by atoms with Crippen LogP contribution in [0.1, 0.15) is 5.56 Å². The van der Waals surface area contributed by atoms with Crippen molar-refractivity contribution in [1.29, 1.82) is 0 Å². The molecule has 2 rings (SSSR count). The number of aliphatic hydroxyl groups excluding tert-OH is 2. The summed E-state index contributed by atoms with van der Waals surface area (Å²) in [6.45, 7) is -0.583. The third kappa shape index (κ3) is 5.17. The van der Waals surface area contributed by atoms with Gasteiger partial charge in [0.05, 0.1) is 24.0 Å². The lowest BCUT2D eigenvalue weighted by atomic mass is 10.2. The fourth-order valence-electron chi connectivity index (χ4n) is 1.95. The standard InChI is InChI=1S/C16H13F5INO3/c17-11-3-8(16(19,20)21)4-12(18)15(11)26-14-2-1-9(22)5-13(14)23-6-10(25)7-24/h1-5,10,23-25H,6-7H2. The van der Waals surface area contributed by atoms with Gasteiger partial charge in [-0.3, -0.25) is 0 Å². The number of hydrogen-bond donors (Lipinski definition) is 3. The lowest BCUT2D eigenvalue weighted by Gasteiger charge is -2.16. The van der Waals surface area contributed by atoms with Gasteiger partial charge in [0.15, 0.2) is 23.1 Å². The Bertz CT molecular complexity index is 762. The van der Waals surface area contributed by atoms with Crippen molar-refractivity contribution in [3.63, 3.8) is 0 Å². The second-order valence-corrected chi connectivity index (χ2v) is 6.47. The number of ether oxygens (including phenoxy) is 1. The highest BCUT2D eigenvalue weighted by Gasteiger charge is 2.33. The Hall–Kier alpha value is -1.66. The summed E-state index contributed by atoms with van der Waals surface area (Å²) in [5.74, 6) is -4.05. The van der Waals surface area contributed by atoms with Crippen molar-refractivity contribution in [3.8, 4) is 11.5 Å². The van der Waals surface area contributed by atoms with Crippen LogP contribution >= 0.6 is 22.6 Å². The van der Waals surface area contributed by atoms with Crippen LogP contribution in [0.25, 0.3) is 0 Å². The molecule has 0 radical (unpaired) electrons. The van der Waals surface area contributed by atoms with E-state index in [2.05, 4.69) is 5.32 Å². The van der Waals surface area contributed by atoms with Crippen LogP contribution in [0.2, 0.25) is 0 Å². The Labute approximate surface area is 158 Å². The van der Waals surface area contributed by atoms with Crippen LogP contribution in [0, 0.1) is 15.2 Å². The van der Waals surface area contributed by atoms with Crippen LogP contribution in [0.3, 0.4) is 0 Å². The van der Waals surface area contributed by atoms with Crippen molar-refractivity contribution in [3.05, 3.63) is 51.1 Å². The fraction of sp³-hybridized carbons (Fsp3) is 0.250. The largest absolute Gasteiger partial charge is 0.449 e. The first-order valence-corrected chi connectivity index (χ1v) is 8.26. The van der Waals surface area contributed by atoms with E-state index in [4.69, 9.17) is 9.84 Å². The van der Waals surface area contributed by atoms with E-state index in [0.717, 1.165) is 3.57 Å². The molecule has 26 heavy (non-hydrogen) atoms. The molecule has 0 spiro atoms. The summed E-state index contributed by atoms with van der Waals surface area (Å²) in [6, 6.07) is 4.76. The number of anilines is 1. The van der Waals surface area contributed by atoms with E-state index in [0.29, 0.717) is 0 Å². The zero-order chi connectivity index (χ0) is 19.5. The van der Waals surface area contributed by atoms with Gasteiger partial charge in [-0.05, 0) is 52.9 Å². The summed E-state index contributed by atoms with van der Waals surface area (Å²) in [5, 5.41) is 20.9. The molecule has 2 aromatic carbocycles. The molecule has 10 heteroatoms. The van der Waals surface area contributed by atoms with Gasteiger partial charge in [-0.25, -0.2) is 8.78 Å². The Kier molecular flexibility index (Phi) is 6.64. The predicted molar refractivity (Wildman–Crippen MR) is 92.2 cm³/mol. The maximum Gasteiger partial charge on any atom is 0.416 e. The lowest BCUT2D eigenvalue weighted by Crippen LogP contribution is -2.23. The minimum absolute atomic E-state index is 0.0619. The number of rotatable bonds is 6. The van der Waals surface area contributed by atoms with Crippen LogP contribution in [0.5, 0.6) is 11.5 Å². The number of nitrogens with one attached hydrogen (secondary N) is 1. The monoisotopic (exact) mass is 489 g/mol. The van der Waals surface area contributed by atoms with Crippen molar-refractivity contribution in [1.82, 2.24) is 0 Å². The highest BCUT2D eigenvalue weighted by Crippen LogP contribution is 2.37. The molecule has 0 saturated heterocycles. The molecule has 3 N–H and O–H groups in total. The first kappa shape index (κ1) is 20.6. The minimum Gasteiger partial charge on any atom is -0.449 e. The number of hydrogen-bond acceptors (Lipinski definition) is 4. The fourth-order valence-corrected chi connectivity index (χ4v) is 2.44. The molecule has 2 aromatic rings. The maximum atomic E-state index is 13.9. The number of aliphatic hydroxyl groups is 2. The smallest absolute Gasteiger partial charge is 0.416 e. The second kappa shape index (κ2) is 8.35. The molecule has 0 aliphatic heterocycles. The van der Waals surface area contributed by atoms with E-state index in [1.165, 1.54) is 6.07 Å². The quantitative estimate of drug-likeness (QED) is 0.422. The molecule has 0 fully saturated rings. The number of halogens is 6. The molecule has 1 unspecified atom stereocenters. The van der Waals surface area contributed by atoms with Gasteiger partial charge < -0.3 is 20.3 Å². The van der Waals surface area contributed by atoms with Gasteiger partial charge in [-0.2, -0.15) is 13.2 Å². The van der Waals surface area contributed by atoms with Crippen LogP contribution < -0.4 is 10.1 Å². The topological polar surface area (TPSA) is 61.7 Å². The van der Waals surface area contributed by atoms with Gasteiger partial charge in [0.25, 0.3) is 0 Å². The first-order chi connectivity index (χ1) is 12.1. The molecule has 0 aliphatic carbocycles. The summed E-state index contributed by atoms with van der Waals surface area (Å²) in [6.07, 6.45) is -5.98. The SMILES string of the molecule is OCC(O)CNc1cc(I)ccc1Oc1c(F)cc(C(F)(F)F)cc1F. The highest BCUT2D eigenvalue weighted by molar-refractivity contribution is 14.1. The average molecular weight is 489 g/mol. The molecule has 0 aliphatic rings. The molecule has 0 bridgehead atoms. The molecular weight excluding hydrogens is 476 g/mol. The predicted octanol–water partition coefficient (Wildman–Crippen LogP) is 4.15. The van der Waals surface area contributed by atoms with Crippen LogP contribution in [0.4, 0.5) is 27.6 Å². The number of benzene rings is 2. The van der Waals surface area contributed by atoms with E-state index in [1.807, 2.05) is 22.6 Å². The normalized spacial score (nSPS) is 12.8. The molecule has 0 aromatic heterocycles. The van der Waals surface area contributed by atoms with Crippen molar-refractivity contribution >= 4 is 28.3 Å². The van der Waals surface area contributed by atoms with Gasteiger partial charge in [0.2, 0.25) is 0 Å². The molecule has 0 heterocycles. The van der Waals surface area contributed by atoms with E-state index < -0.39 is 41.8 Å². The van der Waals surface area contributed by atoms with Gasteiger partial charge in [0, 0.05) is 10.1 Å². The van der Waals surface area contributed by atoms with Crippen LogP contribution in [-0.2, 0) is 6.18 Å². The molecule has 0 saturated carbocycles. The second-order valence-electron chi connectivity index (χ2n) is 5.23. The van der Waals surface area contributed by atoms with E-state index in [-0.39, 0.29) is 30.1 Å². The maximum absolute atomic E-state index is 13.9. The Morgan fingerprint density at radius 3 is 2.27 bits per heavy atom. The van der Waals surface area contributed by atoms with E-state index in [1.54, 1.807) is 12.1 Å². The van der Waals surface area contributed by atoms with Crippen molar-refractivity contribution in [2.24, 2.45) is 0 Å². The third-order valence-electron chi connectivity index (χ3n) is 3.22. The molecule has 4 nitrogen and oxygen atoms in total. The van der Waals surface area contributed by atoms with Crippen LogP contribution in [0.15, 0.2) is 30.3 Å². The van der Waals surface area contributed by atoms with Crippen molar-refractivity contribution < 1.29 is 36.9 Å². The molecule has 142 valence electrons. The number of alkyl halides is 3. The molecule has 1 atom stereocenters. The summed E-state index contributed by atoms with van der Waals surface area (Å²) in [4.78, 5) is 0. The minimum atomic E-state index is -4.89. The van der Waals surface area contributed by atoms with Gasteiger partial charge in [0.1, 0.15) is 0 Å². The van der Waals surface area contributed by atoms with Gasteiger partial charge in [-0.15, -0.1) is 0 Å². The Morgan fingerprint density at radius 1 is 1.12 bits per heavy atom. The van der Waals surface area contributed by atoms with Crippen molar-refractivity contribution in [2.45, 2.75) is 12.3 Å². The lowest BCUT2D eigenvalue weighted by molar-refractivity contribution is -0.138. The van der Waals surface area contributed by atoms with E-state index in [9.17, 15) is 27.1 Å².